The maximum atomic E-state index is 11.8. The highest BCUT2D eigenvalue weighted by atomic mass is 16.5. The topological polar surface area (TPSA) is 103 Å². The van der Waals surface area contributed by atoms with Crippen molar-refractivity contribution in [2.45, 2.75) is 20.4 Å². The number of ether oxygens (including phenoxy) is 1. The lowest BCUT2D eigenvalue weighted by atomic mass is 10.0. The van der Waals surface area contributed by atoms with Gasteiger partial charge < -0.3 is 14.6 Å². The van der Waals surface area contributed by atoms with E-state index in [1.54, 1.807) is 6.20 Å². The predicted octanol–water partition coefficient (Wildman–Crippen LogP) is 5.77. The first-order valence-electron chi connectivity index (χ1n) is 11.3. The smallest absolute Gasteiger partial charge is 0.376 e. The van der Waals surface area contributed by atoms with E-state index in [2.05, 4.69) is 15.5 Å². The summed E-state index contributed by atoms with van der Waals surface area (Å²) in [5.41, 5.74) is 3.99. The van der Waals surface area contributed by atoms with Crippen molar-refractivity contribution in [3.05, 3.63) is 90.4 Å². The van der Waals surface area contributed by atoms with Crippen LogP contribution in [0.5, 0.6) is 0 Å². The molecule has 0 fully saturated rings. The van der Waals surface area contributed by atoms with Gasteiger partial charge in [0.05, 0.1) is 30.3 Å². The molecule has 0 bridgehead atoms. The molecular weight excluding hydrogens is 442 g/mol. The summed E-state index contributed by atoms with van der Waals surface area (Å²) in [7, 11) is 1.28. The van der Waals surface area contributed by atoms with E-state index in [1.165, 1.54) is 13.2 Å². The fourth-order valence-corrected chi connectivity index (χ4v) is 3.54. The molecule has 5 rings (SSSR count). The van der Waals surface area contributed by atoms with Crippen LogP contribution in [0.2, 0.25) is 0 Å². The van der Waals surface area contributed by atoms with Gasteiger partial charge in [-0.15, -0.1) is 0 Å². The van der Waals surface area contributed by atoms with E-state index < -0.39 is 5.97 Å². The number of hydrogen-bond donors (Lipinski definition) is 1. The summed E-state index contributed by atoms with van der Waals surface area (Å²) in [4.78, 5) is 25.6. The van der Waals surface area contributed by atoms with E-state index in [-0.39, 0.29) is 5.76 Å². The summed E-state index contributed by atoms with van der Waals surface area (Å²) in [5.74, 6) is 0.324. The van der Waals surface area contributed by atoms with Crippen molar-refractivity contribution in [1.82, 2.24) is 20.1 Å². The lowest BCUT2D eigenvalue weighted by Gasteiger charge is -2.13. The Balaban J connectivity index is 0.00000141. The zero-order chi connectivity index (χ0) is 24.6. The monoisotopic (exact) mass is 467 g/mol. The Kier molecular flexibility index (Phi) is 7.42. The Labute approximate surface area is 203 Å². The van der Waals surface area contributed by atoms with Gasteiger partial charge in [0.1, 0.15) is 5.82 Å². The molecule has 0 atom stereocenters. The van der Waals surface area contributed by atoms with Crippen molar-refractivity contribution in [3.63, 3.8) is 0 Å². The van der Waals surface area contributed by atoms with Crippen LogP contribution >= 0.6 is 0 Å². The molecule has 8 nitrogen and oxygen atoms in total. The van der Waals surface area contributed by atoms with Crippen LogP contribution in [0.1, 0.15) is 30.1 Å². The van der Waals surface area contributed by atoms with E-state index in [9.17, 15) is 4.79 Å². The average molecular weight is 468 g/mol. The zero-order valence-electron chi connectivity index (χ0n) is 19.7. The molecule has 3 heterocycles. The molecule has 2 aromatic carbocycles. The summed E-state index contributed by atoms with van der Waals surface area (Å²) in [6.45, 7) is 4.47. The summed E-state index contributed by atoms with van der Waals surface area (Å²) >= 11 is 0. The molecule has 0 spiro atoms. The molecule has 1 N–H and O–H groups in total. The van der Waals surface area contributed by atoms with Crippen LogP contribution in [-0.2, 0) is 11.3 Å². The van der Waals surface area contributed by atoms with Crippen LogP contribution < -0.4 is 5.32 Å². The number of methoxy groups -OCH3 is 1. The Hall–Kier alpha value is -4.59. The normalized spacial score (nSPS) is 10.4. The van der Waals surface area contributed by atoms with E-state index in [1.807, 2.05) is 80.6 Å². The van der Waals surface area contributed by atoms with Gasteiger partial charge in [0.2, 0.25) is 5.76 Å². The number of hydrogen-bond acceptors (Lipinski definition) is 8. The molecular formula is C27H25N5O3. The Morgan fingerprint density at radius 3 is 2.51 bits per heavy atom. The maximum Gasteiger partial charge on any atom is 0.376 e. The second-order valence-electron chi connectivity index (χ2n) is 7.20. The first-order valence-corrected chi connectivity index (χ1v) is 11.3. The number of carbonyl (C=O) groups is 1. The molecule has 8 heteroatoms. The van der Waals surface area contributed by atoms with Crippen LogP contribution in [0.4, 0.5) is 5.82 Å². The van der Waals surface area contributed by atoms with Crippen molar-refractivity contribution < 1.29 is 14.1 Å². The lowest BCUT2D eigenvalue weighted by Crippen LogP contribution is -2.06. The maximum absolute atomic E-state index is 11.8. The third kappa shape index (κ3) is 5.16. The number of anilines is 1. The zero-order valence-corrected chi connectivity index (χ0v) is 19.7. The van der Waals surface area contributed by atoms with E-state index in [0.717, 1.165) is 27.7 Å². The van der Waals surface area contributed by atoms with E-state index >= 15 is 0 Å². The molecule has 0 aliphatic rings. The Bertz CT molecular complexity index is 1420. The number of rotatable bonds is 6. The molecule has 176 valence electrons. The molecule has 5 aromatic rings. The van der Waals surface area contributed by atoms with Gasteiger partial charge in [0, 0.05) is 12.3 Å². The fraction of sp³-hybridized carbons (Fsp3) is 0.148. The molecule has 0 saturated heterocycles. The number of carbonyl (C=O) groups excluding carboxylic acids is 1. The molecule has 0 aliphatic carbocycles. The second-order valence-corrected chi connectivity index (χ2v) is 7.20. The molecule has 0 saturated carbocycles. The minimum absolute atomic E-state index is 0.0165. The third-order valence-corrected chi connectivity index (χ3v) is 5.10. The Morgan fingerprint density at radius 1 is 0.971 bits per heavy atom. The van der Waals surface area contributed by atoms with Gasteiger partial charge in [-0.1, -0.05) is 67.5 Å². The molecule has 0 unspecified atom stereocenters. The van der Waals surface area contributed by atoms with Gasteiger partial charge in [0.15, 0.2) is 11.5 Å². The number of pyridine rings is 1. The Morgan fingerprint density at radius 2 is 1.77 bits per heavy atom. The number of nitrogens with one attached hydrogen (secondary N) is 1. The minimum Gasteiger partial charge on any atom is -0.463 e. The van der Waals surface area contributed by atoms with Gasteiger partial charge in [-0.05, 0) is 29.3 Å². The van der Waals surface area contributed by atoms with Crippen LogP contribution in [0.25, 0.3) is 33.5 Å². The SMILES string of the molecule is CC.COC(=O)c1cc(-c2nc(NCc3ccccn3)c3c(-c4ccccc4)cccc3n2)no1. The number of benzene rings is 2. The highest BCUT2D eigenvalue weighted by molar-refractivity contribution is 6.02. The fourth-order valence-electron chi connectivity index (χ4n) is 3.54. The van der Waals surface area contributed by atoms with Gasteiger partial charge in [-0.3, -0.25) is 4.98 Å². The van der Waals surface area contributed by atoms with Gasteiger partial charge in [-0.25, -0.2) is 14.8 Å². The molecule has 0 aliphatic heterocycles. The second kappa shape index (κ2) is 11.0. The quantitative estimate of drug-likeness (QED) is 0.314. The van der Waals surface area contributed by atoms with Crippen LogP contribution in [0, 0.1) is 0 Å². The predicted molar refractivity (Wildman–Crippen MR) is 135 cm³/mol. The van der Waals surface area contributed by atoms with Crippen molar-refractivity contribution in [2.24, 2.45) is 0 Å². The van der Waals surface area contributed by atoms with Gasteiger partial charge >= 0.3 is 5.97 Å². The van der Waals surface area contributed by atoms with Crippen molar-refractivity contribution in [1.29, 1.82) is 0 Å². The van der Waals surface area contributed by atoms with Crippen LogP contribution in [0.15, 0.2) is 83.5 Å². The number of nitrogens with zero attached hydrogens (tertiary/aromatic N) is 4. The third-order valence-electron chi connectivity index (χ3n) is 5.10. The molecule has 3 aromatic heterocycles. The first-order chi connectivity index (χ1) is 17.2. The van der Waals surface area contributed by atoms with E-state index in [4.69, 9.17) is 19.2 Å². The lowest BCUT2D eigenvalue weighted by molar-refractivity contribution is 0.0554. The van der Waals surface area contributed by atoms with Crippen LogP contribution in [0.3, 0.4) is 0 Å². The largest absolute Gasteiger partial charge is 0.463 e. The first kappa shape index (κ1) is 23.6. The van der Waals surface area contributed by atoms with Gasteiger partial charge in [-0.2, -0.15) is 0 Å². The molecule has 0 radical (unpaired) electrons. The number of fused-ring (bicyclic) bond motifs is 1. The van der Waals surface area contributed by atoms with Crippen molar-refractivity contribution >= 4 is 22.7 Å². The van der Waals surface area contributed by atoms with Gasteiger partial charge in [0.25, 0.3) is 0 Å². The highest BCUT2D eigenvalue weighted by Gasteiger charge is 2.19. The molecule has 0 amide bonds. The number of esters is 1. The standard InChI is InChI=1S/C25H19N5O3.C2H6/c1-32-25(31)21-14-20(30-33-21)23-28-19-12-7-11-18(16-8-3-2-4-9-16)22(19)24(29-23)27-15-17-10-5-6-13-26-17;1-2/h2-14H,15H2,1H3,(H,27,28,29);1-2H3. The van der Waals surface area contributed by atoms with E-state index in [0.29, 0.717) is 23.9 Å². The van der Waals surface area contributed by atoms with Crippen molar-refractivity contribution in [2.75, 3.05) is 12.4 Å². The van der Waals surface area contributed by atoms with Crippen LogP contribution in [-0.4, -0.2) is 33.2 Å². The number of aromatic nitrogens is 4. The summed E-state index contributed by atoms with van der Waals surface area (Å²) in [5, 5.41) is 8.24. The molecule has 35 heavy (non-hydrogen) atoms. The summed E-state index contributed by atoms with van der Waals surface area (Å²) < 4.78 is 9.81. The highest BCUT2D eigenvalue weighted by Crippen LogP contribution is 2.34. The average Bonchev–Trinajstić information content (AvgIpc) is 3.43. The van der Waals surface area contributed by atoms with Crippen molar-refractivity contribution in [3.8, 4) is 22.6 Å². The summed E-state index contributed by atoms with van der Waals surface area (Å²) in [6.07, 6.45) is 1.75. The summed E-state index contributed by atoms with van der Waals surface area (Å²) in [6, 6.07) is 23.2. The minimum atomic E-state index is -0.616.